The van der Waals surface area contributed by atoms with E-state index in [2.05, 4.69) is 24.2 Å². The molecule has 0 spiro atoms. The molecule has 1 aromatic rings. The molecule has 0 atom stereocenters. The molecule has 0 amide bonds. The summed E-state index contributed by atoms with van der Waals surface area (Å²) in [6, 6.07) is 5.65. The van der Waals surface area contributed by atoms with Gasteiger partial charge >= 0.3 is 0 Å². The average molecular weight is 256 g/mol. The molecule has 1 rings (SSSR count). The van der Waals surface area contributed by atoms with Gasteiger partial charge in [0.15, 0.2) is 0 Å². The van der Waals surface area contributed by atoms with Crippen molar-refractivity contribution >= 4 is 23.0 Å². The molecule has 0 saturated heterocycles. The first-order valence-electron chi connectivity index (χ1n) is 6.11. The molecule has 0 radical (unpaired) electrons. The van der Waals surface area contributed by atoms with E-state index < -0.39 is 0 Å². The highest BCUT2D eigenvalue weighted by molar-refractivity contribution is 6.33. The van der Waals surface area contributed by atoms with Crippen molar-refractivity contribution < 1.29 is 0 Å². The van der Waals surface area contributed by atoms with Crippen molar-refractivity contribution in [1.82, 2.24) is 4.90 Å². The molecule has 3 N–H and O–H groups in total. The van der Waals surface area contributed by atoms with Crippen LogP contribution in [0.25, 0.3) is 0 Å². The minimum atomic E-state index is 0.609. The first-order chi connectivity index (χ1) is 8.13. The molecule has 0 saturated carbocycles. The van der Waals surface area contributed by atoms with Gasteiger partial charge in [0.25, 0.3) is 0 Å². The van der Waals surface area contributed by atoms with E-state index in [4.69, 9.17) is 17.3 Å². The van der Waals surface area contributed by atoms with E-state index in [0.717, 1.165) is 31.7 Å². The number of nitrogens with zero attached hydrogens (tertiary/aromatic N) is 1. The largest absolute Gasteiger partial charge is 0.398 e. The van der Waals surface area contributed by atoms with E-state index >= 15 is 0 Å². The molecule has 0 aliphatic rings. The van der Waals surface area contributed by atoms with Crippen LogP contribution in [-0.2, 0) is 0 Å². The lowest BCUT2D eigenvalue weighted by atomic mass is 10.2. The summed E-state index contributed by atoms with van der Waals surface area (Å²) in [5.74, 6) is 0. The third-order valence-corrected chi connectivity index (χ3v) is 2.98. The normalized spacial score (nSPS) is 10.8. The van der Waals surface area contributed by atoms with Crippen LogP contribution in [0, 0.1) is 0 Å². The summed E-state index contributed by atoms with van der Waals surface area (Å²) >= 11 is 5.95. The van der Waals surface area contributed by atoms with Crippen molar-refractivity contribution in [2.45, 2.75) is 19.8 Å². The second kappa shape index (κ2) is 7.41. The smallest absolute Gasteiger partial charge is 0.0655 e. The summed E-state index contributed by atoms with van der Waals surface area (Å²) in [7, 11) is 2.16. The molecular formula is C13H22ClN3. The zero-order valence-corrected chi connectivity index (χ0v) is 11.4. The highest BCUT2D eigenvalue weighted by Crippen LogP contribution is 2.22. The van der Waals surface area contributed by atoms with Crippen LogP contribution in [-0.4, -0.2) is 31.6 Å². The predicted octanol–water partition coefficient (Wildman–Crippen LogP) is 3.07. The highest BCUT2D eigenvalue weighted by Gasteiger charge is 1.99. The zero-order valence-electron chi connectivity index (χ0n) is 10.7. The van der Waals surface area contributed by atoms with Crippen LogP contribution in [0.5, 0.6) is 0 Å². The van der Waals surface area contributed by atoms with Crippen molar-refractivity contribution in [3.8, 4) is 0 Å². The van der Waals surface area contributed by atoms with E-state index in [1.165, 1.54) is 6.42 Å². The summed E-state index contributed by atoms with van der Waals surface area (Å²) in [6.07, 6.45) is 2.33. The fourth-order valence-electron chi connectivity index (χ4n) is 1.71. The maximum absolute atomic E-state index is 5.95. The van der Waals surface area contributed by atoms with E-state index in [-0.39, 0.29) is 0 Å². The monoisotopic (exact) mass is 255 g/mol. The Morgan fingerprint density at radius 1 is 1.35 bits per heavy atom. The standard InChI is InChI=1S/C13H22ClN3/c1-3-8-17(2)9-4-7-16-11-5-6-13(15)12(14)10-11/h5-6,10,16H,3-4,7-9,15H2,1-2H3. The second-order valence-electron chi connectivity index (χ2n) is 4.32. The van der Waals surface area contributed by atoms with E-state index in [1.54, 1.807) is 0 Å². The van der Waals surface area contributed by atoms with Crippen molar-refractivity contribution in [3.05, 3.63) is 23.2 Å². The van der Waals surface area contributed by atoms with Gasteiger partial charge in [-0.15, -0.1) is 0 Å². The van der Waals surface area contributed by atoms with Gasteiger partial charge in [0.05, 0.1) is 10.7 Å². The van der Waals surface area contributed by atoms with Crippen molar-refractivity contribution in [1.29, 1.82) is 0 Å². The second-order valence-corrected chi connectivity index (χ2v) is 4.73. The number of hydrogen-bond donors (Lipinski definition) is 2. The number of rotatable bonds is 7. The Bertz CT molecular complexity index is 341. The van der Waals surface area contributed by atoms with Crippen LogP contribution in [0.15, 0.2) is 18.2 Å². The van der Waals surface area contributed by atoms with Crippen molar-refractivity contribution in [3.63, 3.8) is 0 Å². The Morgan fingerprint density at radius 3 is 2.76 bits per heavy atom. The summed E-state index contributed by atoms with van der Waals surface area (Å²) < 4.78 is 0. The van der Waals surface area contributed by atoms with Gasteiger partial charge in [-0.3, -0.25) is 0 Å². The Labute approximate surface area is 109 Å². The number of anilines is 2. The van der Waals surface area contributed by atoms with Crippen LogP contribution < -0.4 is 11.1 Å². The maximum Gasteiger partial charge on any atom is 0.0655 e. The molecule has 0 unspecified atom stereocenters. The molecule has 3 nitrogen and oxygen atoms in total. The van der Waals surface area contributed by atoms with Crippen LogP contribution >= 0.6 is 11.6 Å². The average Bonchev–Trinajstić information content (AvgIpc) is 2.29. The molecule has 96 valence electrons. The van der Waals surface area contributed by atoms with Crippen LogP contribution in [0.4, 0.5) is 11.4 Å². The number of nitrogens with two attached hydrogens (primary N) is 1. The number of benzene rings is 1. The van der Waals surface area contributed by atoms with E-state index in [9.17, 15) is 0 Å². The predicted molar refractivity (Wildman–Crippen MR) is 76.8 cm³/mol. The van der Waals surface area contributed by atoms with Crippen molar-refractivity contribution in [2.24, 2.45) is 0 Å². The molecule has 0 aliphatic carbocycles. The third-order valence-electron chi connectivity index (χ3n) is 2.65. The van der Waals surface area contributed by atoms with Gasteiger partial charge in [0.2, 0.25) is 0 Å². The van der Waals surface area contributed by atoms with Gasteiger partial charge < -0.3 is 16.0 Å². The molecular weight excluding hydrogens is 234 g/mol. The Kier molecular flexibility index (Phi) is 6.16. The third kappa shape index (κ3) is 5.29. The lowest BCUT2D eigenvalue weighted by Gasteiger charge is -2.15. The molecule has 0 aromatic heterocycles. The number of nitrogens with one attached hydrogen (secondary N) is 1. The molecule has 0 fully saturated rings. The van der Waals surface area contributed by atoms with Gasteiger partial charge in [0.1, 0.15) is 0 Å². The summed E-state index contributed by atoms with van der Waals surface area (Å²) in [5.41, 5.74) is 7.31. The summed E-state index contributed by atoms with van der Waals surface area (Å²) in [5, 5.41) is 3.95. The highest BCUT2D eigenvalue weighted by atomic mass is 35.5. The minimum absolute atomic E-state index is 0.609. The van der Waals surface area contributed by atoms with Gasteiger partial charge in [-0.1, -0.05) is 18.5 Å². The van der Waals surface area contributed by atoms with Crippen LogP contribution in [0.3, 0.4) is 0 Å². The molecule has 4 heteroatoms. The minimum Gasteiger partial charge on any atom is -0.398 e. The fraction of sp³-hybridized carbons (Fsp3) is 0.538. The Hall–Kier alpha value is -0.930. The lowest BCUT2D eigenvalue weighted by molar-refractivity contribution is 0.333. The van der Waals surface area contributed by atoms with E-state index in [0.29, 0.717) is 10.7 Å². The van der Waals surface area contributed by atoms with Crippen LogP contribution in [0.2, 0.25) is 5.02 Å². The lowest BCUT2D eigenvalue weighted by Crippen LogP contribution is -2.22. The fourth-order valence-corrected chi connectivity index (χ4v) is 1.89. The van der Waals surface area contributed by atoms with E-state index in [1.807, 2.05) is 18.2 Å². The number of halogens is 1. The first kappa shape index (κ1) is 14.1. The zero-order chi connectivity index (χ0) is 12.7. The first-order valence-corrected chi connectivity index (χ1v) is 6.48. The molecule has 17 heavy (non-hydrogen) atoms. The Balaban J connectivity index is 2.24. The molecule has 0 aliphatic heterocycles. The molecule has 0 heterocycles. The SMILES string of the molecule is CCCN(C)CCCNc1ccc(N)c(Cl)c1. The Morgan fingerprint density at radius 2 is 2.12 bits per heavy atom. The molecule has 0 bridgehead atoms. The summed E-state index contributed by atoms with van der Waals surface area (Å²) in [6.45, 7) is 5.43. The number of hydrogen-bond acceptors (Lipinski definition) is 3. The van der Waals surface area contributed by atoms with Crippen molar-refractivity contribution in [2.75, 3.05) is 37.7 Å². The van der Waals surface area contributed by atoms with Gasteiger partial charge in [-0.05, 0) is 51.2 Å². The van der Waals surface area contributed by atoms with Crippen LogP contribution in [0.1, 0.15) is 19.8 Å². The van der Waals surface area contributed by atoms with Gasteiger partial charge in [-0.2, -0.15) is 0 Å². The molecule has 1 aromatic carbocycles. The topological polar surface area (TPSA) is 41.3 Å². The summed E-state index contributed by atoms with van der Waals surface area (Å²) in [4.78, 5) is 2.34. The van der Waals surface area contributed by atoms with Gasteiger partial charge in [0, 0.05) is 12.2 Å². The maximum atomic E-state index is 5.95. The van der Waals surface area contributed by atoms with Gasteiger partial charge in [-0.25, -0.2) is 0 Å². The quantitative estimate of drug-likeness (QED) is 0.581. The number of nitrogen functional groups attached to an aromatic ring is 1.